The molecule has 0 radical (unpaired) electrons. The Morgan fingerprint density at radius 2 is 1.65 bits per heavy atom. The molecule has 0 heterocycles. The molecule has 1 amide bonds. The van der Waals surface area contributed by atoms with Crippen molar-refractivity contribution in [3.63, 3.8) is 0 Å². The number of carbonyl (C=O) groups is 1. The van der Waals surface area contributed by atoms with E-state index in [4.69, 9.17) is 4.74 Å². The van der Waals surface area contributed by atoms with Crippen LogP contribution in [0.15, 0.2) is 24.3 Å². The number of benzene rings is 1. The van der Waals surface area contributed by atoms with Crippen LogP contribution in [-0.4, -0.2) is 39.5 Å². The molecule has 0 aliphatic rings. The molecule has 0 saturated carbocycles. The van der Waals surface area contributed by atoms with Crippen molar-refractivity contribution in [2.75, 3.05) is 29.4 Å². The van der Waals surface area contributed by atoms with E-state index < -0.39 is 21.7 Å². The van der Waals surface area contributed by atoms with Gasteiger partial charge in [-0.2, -0.15) is 0 Å². The Balaban J connectivity index is 2.25. The van der Waals surface area contributed by atoms with E-state index in [1.807, 2.05) is 20.8 Å². The van der Waals surface area contributed by atoms with Crippen LogP contribution in [0.1, 0.15) is 27.2 Å². The second kappa shape index (κ2) is 8.05. The third-order valence-electron chi connectivity index (χ3n) is 2.54. The Morgan fingerprint density at radius 1 is 1.09 bits per heavy atom. The third kappa shape index (κ3) is 9.62. The van der Waals surface area contributed by atoms with Crippen molar-refractivity contribution in [2.45, 2.75) is 32.8 Å². The summed E-state index contributed by atoms with van der Waals surface area (Å²) < 4.78 is 29.7. The van der Waals surface area contributed by atoms with Crippen molar-refractivity contribution >= 4 is 27.5 Å². The molecule has 0 spiro atoms. The summed E-state index contributed by atoms with van der Waals surface area (Å²) in [5.74, 6) is 0. The summed E-state index contributed by atoms with van der Waals surface area (Å²) in [5.41, 5.74) is 0.898. The van der Waals surface area contributed by atoms with Crippen molar-refractivity contribution in [3.05, 3.63) is 24.3 Å². The average Bonchev–Trinajstić information content (AvgIpc) is 2.36. The number of amides is 1. The molecule has 0 aromatic heterocycles. The van der Waals surface area contributed by atoms with Crippen molar-refractivity contribution in [1.82, 2.24) is 5.32 Å². The second-order valence-corrected chi connectivity index (χ2v) is 7.91. The molecule has 8 heteroatoms. The molecule has 23 heavy (non-hydrogen) atoms. The molecule has 1 rings (SSSR count). The first kappa shape index (κ1) is 19.1. The highest BCUT2D eigenvalue weighted by atomic mass is 32.2. The first-order valence-corrected chi connectivity index (χ1v) is 9.23. The van der Waals surface area contributed by atoms with Crippen molar-refractivity contribution in [2.24, 2.45) is 0 Å². The lowest BCUT2D eigenvalue weighted by Gasteiger charge is -2.19. The van der Waals surface area contributed by atoms with Gasteiger partial charge in [0.05, 0.1) is 6.26 Å². The number of anilines is 2. The normalized spacial score (nSPS) is 11.7. The van der Waals surface area contributed by atoms with Gasteiger partial charge in [-0.15, -0.1) is 0 Å². The lowest BCUT2D eigenvalue weighted by atomic mass is 10.2. The average molecular weight is 343 g/mol. The summed E-state index contributed by atoms with van der Waals surface area (Å²) in [6, 6.07) is 6.94. The van der Waals surface area contributed by atoms with Gasteiger partial charge < -0.3 is 15.4 Å². The Bertz CT molecular complexity index is 607. The van der Waals surface area contributed by atoms with Gasteiger partial charge in [-0.05, 0) is 51.5 Å². The largest absolute Gasteiger partial charge is 0.444 e. The van der Waals surface area contributed by atoms with Gasteiger partial charge in [-0.1, -0.05) is 0 Å². The maximum atomic E-state index is 11.4. The van der Waals surface area contributed by atoms with Crippen LogP contribution < -0.4 is 15.4 Å². The van der Waals surface area contributed by atoms with Crippen LogP contribution in [0.5, 0.6) is 0 Å². The number of hydrogen-bond donors (Lipinski definition) is 3. The lowest BCUT2D eigenvalue weighted by molar-refractivity contribution is 0.0528. The topological polar surface area (TPSA) is 96.5 Å². The van der Waals surface area contributed by atoms with Crippen molar-refractivity contribution in [1.29, 1.82) is 0 Å². The van der Waals surface area contributed by atoms with Crippen LogP contribution in [0.25, 0.3) is 0 Å². The SMILES string of the molecule is CC(C)(C)OC(=O)NCCCNc1ccc(NS(C)(=O)=O)cc1. The minimum Gasteiger partial charge on any atom is -0.444 e. The molecule has 1 aromatic carbocycles. The maximum absolute atomic E-state index is 11.4. The molecule has 1 aromatic rings. The molecule has 0 aliphatic heterocycles. The van der Waals surface area contributed by atoms with E-state index in [-0.39, 0.29) is 0 Å². The number of rotatable bonds is 7. The van der Waals surface area contributed by atoms with Gasteiger partial charge in [-0.25, -0.2) is 13.2 Å². The zero-order valence-corrected chi connectivity index (χ0v) is 14.8. The third-order valence-corrected chi connectivity index (χ3v) is 3.15. The van der Waals surface area contributed by atoms with Gasteiger partial charge in [0.1, 0.15) is 5.60 Å². The molecule has 0 aliphatic carbocycles. The fourth-order valence-corrected chi connectivity index (χ4v) is 2.26. The fraction of sp³-hybridized carbons (Fsp3) is 0.533. The minimum atomic E-state index is -3.26. The summed E-state index contributed by atoms with van der Waals surface area (Å²) in [6.07, 6.45) is 1.42. The Kier molecular flexibility index (Phi) is 6.68. The first-order chi connectivity index (χ1) is 10.6. The number of nitrogens with one attached hydrogen (secondary N) is 3. The van der Waals surface area contributed by atoms with E-state index in [0.29, 0.717) is 18.8 Å². The summed E-state index contributed by atoms with van der Waals surface area (Å²) in [7, 11) is -3.26. The molecule has 0 saturated heterocycles. The lowest BCUT2D eigenvalue weighted by Crippen LogP contribution is -2.33. The molecule has 130 valence electrons. The van der Waals surface area contributed by atoms with Gasteiger partial charge in [-0.3, -0.25) is 4.72 Å². The Labute approximate surface area is 137 Å². The summed E-state index contributed by atoms with van der Waals surface area (Å²) in [4.78, 5) is 11.4. The summed E-state index contributed by atoms with van der Waals surface area (Å²) in [5, 5.41) is 5.87. The van der Waals surface area contributed by atoms with E-state index in [2.05, 4.69) is 15.4 Å². The number of ether oxygens (including phenoxy) is 1. The van der Waals surface area contributed by atoms with Crippen LogP contribution in [0.3, 0.4) is 0 Å². The minimum absolute atomic E-state index is 0.422. The van der Waals surface area contributed by atoms with Gasteiger partial charge in [0.2, 0.25) is 10.0 Å². The maximum Gasteiger partial charge on any atom is 0.407 e. The van der Waals surface area contributed by atoms with E-state index in [0.717, 1.165) is 18.4 Å². The molecular formula is C15H25N3O4S. The predicted molar refractivity (Wildman–Crippen MR) is 92.3 cm³/mol. The number of hydrogen-bond acceptors (Lipinski definition) is 5. The van der Waals surface area contributed by atoms with E-state index >= 15 is 0 Å². The molecule has 3 N–H and O–H groups in total. The number of sulfonamides is 1. The molecule has 0 atom stereocenters. The predicted octanol–water partition coefficient (Wildman–Crippen LogP) is 2.38. The van der Waals surface area contributed by atoms with Crippen molar-refractivity contribution in [3.8, 4) is 0 Å². The molecule has 0 fully saturated rings. The van der Waals surface area contributed by atoms with Gasteiger partial charge >= 0.3 is 6.09 Å². The smallest absolute Gasteiger partial charge is 0.407 e. The summed E-state index contributed by atoms with van der Waals surface area (Å²) >= 11 is 0. The van der Waals surface area contributed by atoms with E-state index in [1.165, 1.54) is 0 Å². The van der Waals surface area contributed by atoms with Crippen LogP contribution in [0.2, 0.25) is 0 Å². The fourth-order valence-electron chi connectivity index (χ4n) is 1.70. The van der Waals surface area contributed by atoms with Gasteiger partial charge in [0.15, 0.2) is 0 Å². The van der Waals surface area contributed by atoms with Crippen LogP contribution >= 0.6 is 0 Å². The van der Waals surface area contributed by atoms with Crippen LogP contribution in [-0.2, 0) is 14.8 Å². The van der Waals surface area contributed by atoms with Crippen molar-refractivity contribution < 1.29 is 17.9 Å². The highest BCUT2D eigenvalue weighted by Gasteiger charge is 2.15. The zero-order chi connectivity index (χ0) is 17.5. The van der Waals surface area contributed by atoms with Gasteiger partial charge in [0.25, 0.3) is 0 Å². The highest BCUT2D eigenvalue weighted by Crippen LogP contribution is 2.14. The number of carbonyl (C=O) groups excluding carboxylic acids is 1. The molecule has 0 bridgehead atoms. The number of alkyl carbamates (subject to hydrolysis) is 1. The second-order valence-electron chi connectivity index (χ2n) is 6.16. The van der Waals surface area contributed by atoms with E-state index in [1.54, 1.807) is 24.3 Å². The quantitative estimate of drug-likeness (QED) is 0.661. The molecular weight excluding hydrogens is 318 g/mol. The van der Waals surface area contributed by atoms with Gasteiger partial charge in [0, 0.05) is 24.5 Å². The van der Waals surface area contributed by atoms with E-state index in [9.17, 15) is 13.2 Å². The Morgan fingerprint density at radius 3 is 2.17 bits per heavy atom. The summed E-state index contributed by atoms with van der Waals surface area (Å²) in [6.45, 7) is 6.63. The Hall–Kier alpha value is -1.96. The molecule has 7 nitrogen and oxygen atoms in total. The molecule has 0 unspecified atom stereocenters. The highest BCUT2D eigenvalue weighted by molar-refractivity contribution is 7.92. The first-order valence-electron chi connectivity index (χ1n) is 7.34. The monoisotopic (exact) mass is 343 g/mol. The standard InChI is InChI=1S/C15H25N3O4S/c1-15(2,3)22-14(19)17-11-5-10-16-12-6-8-13(9-7-12)18-23(4,20)21/h6-9,16,18H,5,10-11H2,1-4H3,(H,17,19). The zero-order valence-electron chi connectivity index (χ0n) is 14.0. The van der Waals surface area contributed by atoms with Crippen LogP contribution in [0.4, 0.5) is 16.2 Å². The van der Waals surface area contributed by atoms with Crippen LogP contribution in [0, 0.1) is 0 Å².